The predicted molar refractivity (Wildman–Crippen MR) is 121 cm³/mol. The van der Waals surface area contributed by atoms with E-state index in [1.165, 1.54) is 11.1 Å². The van der Waals surface area contributed by atoms with Gasteiger partial charge in [-0.3, -0.25) is 5.41 Å². The van der Waals surface area contributed by atoms with E-state index in [1.54, 1.807) is 0 Å². The Morgan fingerprint density at radius 1 is 1.30 bits per heavy atom. The van der Waals surface area contributed by atoms with E-state index in [1.807, 2.05) is 6.08 Å². The van der Waals surface area contributed by atoms with Crippen LogP contribution in [-0.4, -0.2) is 11.9 Å². The topological polar surface area (TPSA) is 35.9 Å². The highest BCUT2D eigenvalue weighted by molar-refractivity contribution is 5.95. The van der Waals surface area contributed by atoms with E-state index in [0.717, 1.165) is 56.1 Å². The molecule has 0 saturated carbocycles. The van der Waals surface area contributed by atoms with Crippen molar-refractivity contribution in [3.05, 3.63) is 72.4 Å². The lowest BCUT2D eigenvalue weighted by Gasteiger charge is -2.28. The van der Waals surface area contributed by atoms with Gasteiger partial charge in [-0.25, -0.2) is 0 Å². The van der Waals surface area contributed by atoms with Crippen molar-refractivity contribution in [1.29, 1.82) is 5.41 Å². The number of hydrogen-bond acceptors (Lipinski definition) is 1. The molecule has 0 bridgehead atoms. The zero-order chi connectivity index (χ0) is 20.2. The standard InChI is InChI=1S/C25H38N2/c1-7-9-13-20(5)25(26)27-24(23-14-11-10-12-15-23)21(6)18-22(8-2)17-16-19(3)4/h7,11,14-16,22,24H,1,5-6,8-10,12-13,17-18H2,2-4H3,(H2,26,27). The van der Waals surface area contributed by atoms with Gasteiger partial charge >= 0.3 is 0 Å². The fraction of sp³-hybridized carbons (Fsp3) is 0.480. The van der Waals surface area contributed by atoms with Crippen molar-refractivity contribution in [2.75, 3.05) is 0 Å². The van der Waals surface area contributed by atoms with Crippen LogP contribution in [0.2, 0.25) is 0 Å². The first-order chi connectivity index (χ1) is 12.9. The fourth-order valence-electron chi connectivity index (χ4n) is 3.20. The highest BCUT2D eigenvalue weighted by Gasteiger charge is 2.21. The molecule has 1 rings (SSSR count). The smallest absolute Gasteiger partial charge is 0.121 e. The summed E-state index contributed by atoms with van der Waals surface area (Å²) in [5.74, 6) is 1.00. The maximum absolute atomic E-state index is 8.43. The molecule has 2 unspecified atom stereocenters. The summed E-state index contributed by atoms with van der Waals surface area (Å²) < 4.78 is 0. The predicted octanol–water partition coefficient (Wildman–Crippen LogP) is 7.05. The molecule has 2 atom stereocenters. The van der Waals surface area contributed by atoms with Crippen molar-refractivity contribution in [1.82, 2.24) is 5.32 Å². The highest BCUT2D eigenvalue weighted by Crippen LogP contribution is 2.26. The summed E-state index contributed by atoms with van der Waals surface area (Å²) in [6.45, 7) is 18.8. The summed E-state index contributed by atoms with van der Waals surface area (Å²) in [5.41, 5.74) is 4.57. The van der Waals surface area contributed by atoms with E-state index in [-0.39, 0.29) is 6.04 Å². The largest absolute Gasteiger partial charge is 0.360 e. The maximum atomic E-state index is 8.43. The van der Waals surface area contributed by atoms with Gasteiger partial charge in [-0.2, -0.15) is 0 Å². The summed E-state index contributed by atoms with van der Waals surface area (Å²) in [6.07, 6.45) is 17.8. The first-order valence-corrected chi connectivity index (χ1v) is 10.2. The Kier molecular flexibility index (Phi) is 10.5. The number of amidine groups is 1. The molecule has 0 heterocycles. The normalized spacial score (nSPS) is 15.3. The van der Waals surface area contributed by atoms with Crippen LogP contribution in [0, 0.1) is 11.3 Å². The van der Waals surface area contributed by atoms with Gasteiger partial charge in [-0.1, -0.05) is 68.0 Å². The molecule has 0 fully saturated rings. The first-order valence-electron chi connectivity index (χ1n) is 10.2. The van der Waals surface area contributed by atoms with E-state index in [0.29, 0.717) is 11.8 Å². The number of rotatable bonds is 12. The van der Waals surface area contributed by atoms with Gasteiger partial charge in [0, 0.05) is 0 Å². The third-order valence-electron chi connectivity index (χ3n) is 5.05. The Hall–Kier alpha value is -2.09. The van der Waals surface area contributed by atoms with Crippen molar-refractivity contribution in [2.24, 2.45) is 5.92 Å². The summed E-state index contributed by atoms with van der Waals surface area (Å²) in [6, 6.07) is -0.0183. The molecule has 0 aromatic carbocycles. The van der Waals surface area contributed by atoms with Crippen LogP contribution in [0.1, 0.15) is 65.7 Å². The minimum absolute atomic E-state index is 0.0183. The molecule has 2 nitrogen and oxygen atoms in total. The quantitative estimate of drug-likeness (QED) is 0.217. The third-order valence-corrected chi connectivity index (χ3v) is 5.05. The van der Waals surface area contributed by atoms with Gasteiger partial charge in [-0.05, 0) is 69.4 Å². The second-order valence-electron chi connectivity index (χ2n) is 7.72. The molecule has 0 spiro atoms. The van der Waals surface area contributed by atoms with Crippen molar-refractivity contribution in [3.8, 4) is 0 Å². The molecule has 1 aliphatic rings. The second-order valence-corrected chi connectivity index (χ2v) is 7.72. The second kappa shape index (κ2) is 12.3. The van der Waals surface area contributed by atoms with Crippen LogP contribution in [0.5, 0.6) is 0 Å². The minimum Gasteiger partial charge on any atom is -0.360 e. The fourth-order valence-corrected chi connectivity index (χ4v) is 3.20. The molecule has 0 aliphatic heterocycles. The molecule has 2 N–H and O–H groups in total. The van der Waals surface area contributed by atoms with E-state index < -0.39 is 0 Å². The molecule has 2 heteroatoms. The van der Waals surface area contributed by atoms with E-state index >= 15 is 0 Å². The van der Waals surface area contributed by atoms with Crippen LogP contribution in [0.15, 0.2) is 72.4 Å². The zero-order valence-corrected chi connectivity index (χ0v) is 17.6. The Bertz CT molecular complexity index is 627. The number of nitrogens with one attached hydrogen (secondary N) is 2. The lowest BCUT2D eigenvalue weighted by molar-refractivity contribution is 0.496. The summed E-state index contributed by atoms with van der Waals surface area (Å²) in [4.78, 5) is 0. The Morgan fingerprint density at radius 2 is 2.04 bits per heavy atom. The van der Waals surface area contributed by atoms with Gasteiger partial charge in [0.25, 0.3) is 0 Å². The van der Waals surface area contributed by atoms with Gasteiger partial charge < -0.3 is 5.32 Å². The van der Waals surface area contributed by atoms with Crippen molar-refractivity contribution >= 4 is 5.84 Å². The molecule has 27 heavy (non-hydrogen) atoms. The first kappa shape index (κ1) is 23.0. The van der Waals surface area contributed by atoms with E-state index in [2.05, 4.69) is 70.1 Å². The monoisotopic (exact) mass is 366 g/mol. The van der Waals surface area contributed by atoms with Crippen LogP contribution in [0.4, 0.5) is 0 Å². The molecular weight excluding hydrogens is 328 g/mol. The molecule has 148 valence electrons. The number of hydrogen-bond donors (Lipinski definition) is 2. The van der Waals surface area contributed by atoms with Gasteiger partial charge in [0.1, 0.15) is 5.84 Å². The highest BCUT2D eigenvalue weighted by atomic mass is 15.0. The third kappa shape index (κ3) is 8.43. The average Bonchev–Trinajstić information content (AvgIpc) is 2.67. The van der Waals surface area contributed by atoms with Crippen molar-refractivity contribution in [3.63, 3.8) is 0 Å². The lowest BCUT2D eigenvalue weighted by atomic mass is 9.86. The molecule has 0 saturated heterocycles. The Labute approximate surface area is 167 Å². The number of allylic oxidation sites excluding steroid dienone is 5. The van der Waals surface area contributed by atoms with Gasteiger partial charge in [0.05, 0.1) is 6.04 Å². The summed E-state index contributed by atoms with van der Waals surface area (Å²) in [5, 5.41) is 11.8. The molecule has 0 amide bonds. The van der Waals surface area contributed by atoms with Crippen molar-refractivity contribution in [2.45, 2.75) is 71.8 Å². The molecule has 0 radical (unpaired) electrons. The van der Waals surface area contributed by atoms with E-state index in [4.69, 9.17) is 5.41 Å². The van der Waals surface area contributed by atoms with E-state index in [9.17, 15) is 0 Å². The average molecular weight is 367 g/mol. The summed E-state index contributed by atoms with van der Waals surface area (Å²) in [7, 11) is 0. The molecular formula is C25H38N2. The minimum atomic E-state index is -0.0183. The van der Waals surface area contributed by atoms with Crippen LogP contribution < -0.4 is 5.32 Å². The lowest BCUT2D eigenvalue weighted by Crippen LogP contribution is -2.38. The maximum Gasteiger partial charge on any atom is 0.121 e. The van der Waals surface area contributed by atoms with Crippen molar-refractivity contribution < 1.29 is 0 Å². The molecule has 0 aromatic rings. The molecule has 0 aromatic heterocycles. The Balaban J connectivity index is 2.88. The molecule has 1 aliphatic carbocycles. The van der Waals surface area contributed by atoms with Crippen LogP contribution in [0.3, 0.4) is 0 Å². The van der Waals surface area contributed by atoms with Gasteiger partial charge in [0.2, 0.25) is 0 Å². The van der Waals surface area contributed by atoms with Gasteiger partial charge in [0.15, 0.2) is 0 Å². The Morgan fingerprint density at radius 3 is 2.59 bits per heavy atom. The zero-order valence-electron chi connectivity index (χ0n) is 17.6. The van der Waals surface area contributed by atoms with Crippen LogP contribution >= 0.6 is 0 Å². The van der Waals surface area contributed by atoms with Crippen LogP contribution in [0.25, 0.3) is 0 Å². The van der Waals surface area contributed by atoms with Gasteiger partial charge in [-0.15, -0.1) is 6.58 Å². The summed E-state index contributed by atoms with van der Waals surface area (Å²) >= 11 is 0. The van der Waals surface area contributed by atoms with Crippen LogP contribution in [-0.2, 0) is 0 Å². The SMILES string of the molecule is C=CCCC(=C)C(=N)NC(C(=C)CC(CC)CC=C(C)C)C1=CCCC=C1.